The number of hydrogen-bond acceptors (Lipinski definition) is 4. The molecule has 1 aliphatic heterocycles. The van der Waals surface area contributed by atoms with Crippen LogP contribution in [0.3, 0.4) is 0 Å². The molecule has 1 aromatic rings. The van der Waals surface area contributed by atoms with E-state index in [1.54, 1.807) is 12.1 Å². The Hall–Kier alpha value is -1.75. The van der Waals surface area contributed by atoms with Gasteiger partial charge < -0.3 is 5.11 Å². The molecule has 0 aromatic carbocycles. The predicted molar refractivity (Wildman–Crippen MR) is 52.1 cm³/mol. The first kappa shape index (κ1) is 9.79. The number of aliphatic hydroxyl groups excluding tert-OH is 1. The fourth-order valence-corrected chi connectivity index (χ4v) is 1.50. The van der Waals surface area contributed by atoms with Gasteiger partial charge in [0, 0.05) is 6.20 Å². The Bertz CT molecular complexity index is 417. The molecule has 0 bridgehead atoms. The molecule has 2 rings (SSSR count). The second-order valence-corrected chi connectivity index (χ2v) is 3.38. The first-order valence-corrected chi connectivity index (χ1v) is 4.58. The molecule has 2 heterocycles. The summed E-state index contributed by atoms with van der Waals surface area (Å²) in [6, 6.07) is 3.27. The summed E-state index contributed by atoms with van der Waals surface area (Å²) in [5, 5.41) is 8.92. The van der Waals surface area contributed by atoms with Crippen molar-refractivity contribution in [3.63, 3.8) is 0 Å². The lowest BCUT2D eigenvalue weighted by molar-refractivity contribution is -0.121. The van der Waals surface area contributed by atoms with Crippen molar-refractivity contribution in [2.24, 2.45) is 0 Å². The first-order chi connectivity index (χ1) is 7.20. The van der Waals surface area contributed by atoms with Gasteiger partial charge in [-0.05, 0) is 17.7 Å². The number of aliphatic hydroxyl groups is 1. The Balaban J connectivity index is 2.29. The Morgan fingerprint density at radius 1 is 1.47 bits per heavy atom. The number of ketones is 1. The van der Waals surface area contributed by atoms with E-state index in [0.717, 1.165) is 0 Å². The molecule has 1 amide bonds. The average molecular weight is 206 g/mol. The van der Waals surface area contributed by atoms with Crippen LogP contribution in [-0.2, 0) is 16.2 Å². The maximum atomic E-state index is 11.4. The summed E-state index contributed by atoms with van der Waals surface area (Å²) in [5.41, 5.74) is 0.673. The van der Waals surface area contributed by atoms with Crippen molar-refractivity contribution in [2.45, 2.75) is 13.0 Å². The van der Waals surface area contributed by atoms with E-state index in [0.29, 0.717) is 11.4 Å². The zero-order valence-electron chi connectivity index (χ0n) is 8.01. The van der Waals surface area contributed by atoms with Gasteiger partial charge in [-0.15, -0.1) is 0 Å². The molecule has 0 radical (unpaired) electrons. The van der Waals surface area contributed by atoms with Crippen molar-refractivity contribution < 1.29 is 14.7 Å². The maximum absolute atomic E-state index is 11.4. The molecule has 0 saturated carbocycles. The average Bonchev–Trinajstić information content (AvgIpc) is 2.58. The molecule has 1 N–H and O–H groups in total. The molecule has 0 atom stereocenters. The smallest absolute Gasteiger partial charge is 0.236 e. The number of nitrogens with zero attached hydrogens (tertiary/aromatic N) is 2. The normalized spacial score (nSPS) is 16.2. The van der Waals surface area contributed by atoms with Crippen LogP contribution in [0.2, 0.25) is 0 Å². The van der Waals surface area contributed by atoms with E-state index in [1.165, 1.54) is 11.1 Å². The lowest BCUT2D eigenvalue weighted by Gasteiger charge is -2.13. The van der Waals surface area contributed by atoms with Crippen LogP contribution in [0.15, 0.2) is 18.3 Å². The Morgan fingerprint density at radius 2 is 2.27 bits per heavy atom. The Morgan fingerprint density at radius 3 is 2.87 bits per heavy atom. The van der Waals surface area contributed by atoms with Crippen molar-refractivity contribution in [3.05, 3.63) is 23.9 Å². The van der Waals surface area contributed by atoms with Crippen LogP contribution < -0.4 is 4.90 Å². The molecule has 0 spiro atoms. The van der Waals surface area contributed by atoms with E-state index >= 15 is 0 Å². The summed E-state index contributed by atoms with van der Waals surface area (Å²) < 4.78 is 0. The van der Waals surface area contributed by atoms with Gasteiger partial charge in [-0.3, -0.25) is 14.5 Å². The van der Waals surface area contributed by atoms with Crippen molar-refractivity contribution in [1.29, 1.82) is 0 Å². The summed E-state index contributed by atoms with van der Waals surface area (Å²) in [6.45, 7) is -0.0216. The number of pyridine rings is 1. The first-order valence-electron chi connectivity index (χ1n) is 4.58. The molecule has 1 aliphatic rings. The van der Waals surface area contributed by atoms with Crippen LogP contribution in [0.1, 0.15) is 12.0 Å². The third-order valence-electron chi connectivity index (χ3n) is 2.25. The molecular formula is C10H10N2O3. The minimum Gasteiger partial charge on any atom is -0.392 e. The van der Waals surface area contributed by atoms with Gasteiger partial charge in [-0.1, -0.05) is 0 Å². The van der Waals surface area contributed by atoms with Gasteiger partial charge in [0.1, 0.15) is 5.82 Å². The lowest BCUT2D eigenvalue weighted by atomic mass is 10.3. The summed E-state index contributed by atoms with van der Waals surface area (Å²) in [5.74, 6) is 0.0937. The number of rotatable bonds is 2. The van der Waals surface area contributed by atoms with E-state index in [-0.39, 0.29) is 31.3 Å². The molecule has 1 saturated heterocycles. The van der Waals surface area contributed by atoms with E-state index in [9.17, 15) is 9.59 Å². The van der Waals surface area contributed by atoms with E-state index in [2.05, 4.69) is 4.98 Å². The van der Waals surface area contributed by atoms with Crippen LogP contribution >= 0.6 is 0 Å². The minimum atomic E-state index is -0.234. The summed E-state index contributed by atoms with van der Waals surface area (Å²) >= 11 is 0. The van der Waals surface area contributed by atoms with Crippen LogP contribution in [0.4, 0.5) is 5.82 Å². The highest BCUT2D eigenvalue weighted by Crippen LogP contribution is 2.18. The maximum Gasteiger partial charge on any atom is 0.236 e. The lowest BCUT2D eigenvalue weighted by Crippen LogP contribution is -2.25. The monoisotopic (exact) mass is 206 g/mol. The fraction of sp³-hybridized carbons (Fsp3) is 0.300. The van der Waals surface area contributed by atoms with Crippen LogP contribution in [-0.4, -0.2) is 28.3 Å². The van der Waals surface area contributed by atoms with E-state index in [4.69, 9.17) is 5.11 Å². The number of carbonyl (C=O) groups excluding carboxylic acids is 2. The number of anilines is 1. The zero-order valence-corrected chi connectivity index (χ0v) is 8.01. The van der Waals surface area contributed by atoms with Gasteiger partial charge in [-0.25, -0.2) is 4.98 Å². The van der Waals surface area contributed by atoms with Gasteiger partial charge in [-0.2, -0.15) is 0 Å². The molecule has 1 fully saturated rings. The summed E-state index contributed by atoms with van der Waals surface area (Å²) in [6.07, 6.45) is 1.46. The third kappa shape index (κ3) is 1.87. The van der Waals surface area contributed by atoms with Crippen molar-refractivity contribution in [3.8, 4) is 0 Å². The number of amides is 1. The number of hydrogen-bond donors (Lipinski definition) is 1. The van der Waals surface area contributed by atoms with Crippen LogP contribution in [0.25, 0.3) is 0 Å². The summed E-state index contributed by atoms with van der Waals surface area (Å²) in [7, 11) is 0. The molecule has 15 heavy (non-hydrogen) atoms. The molecule has 0 aliphatic carbocycles. The highest BCUT2D eigenvalue weighted by Gasteiger charge is 2.29. The minimum absolute atomic E-state index is 0.0506. The van der Waals surface area contributed by atoms with Gasteiger partial charge in [0.15, 0.2) is 5.78 Å². The third-order valence-corrected chi connectivity index (χ3v) is 2.25. The van der Waals surface area contributed by atoms with E-state index < -0.39 is 0 Å². The fourth-order valence-electron chi connectivity index (χ4n) is 1.50. The van der Waals surface area contributed by atoms with Crippen LogP contribution in [0, 0.1) is 0 Å². The highest BCUT2D eigenvalue weighted by molar-refractivity contribution is 6.14. The zero-order chi connectivity index (χ0) is 10.8. The summed E-state index contributed by atoms with van der Waals surface area (Å²) in [4.78, 5) is 27.8. The Labute approximate surface area is 86.3 Å². The molecule has 5 heteroatoms. The Kier molecular flexibility index (Phi) is 2.47. The van der Waals surface area contributed by atoms with Gasteiger partial charge in [0.2, 0.25) is 5.91 Å². The van der Waals surface area contributed by atoms with E-state index in [1.807, 2.05) is 0 Å². The molecule has 1 aromatic heterocycles. The quantitative estimate of drug-likeness (QED) is 0.685. The standard InChI is InChI=1S/C10H10N2O3/c13-6-7-1-2-11-9(3-7)12-5-8(14)4-10(12)15/h1-3,13H,4-6H2. The number of aromatic nitrogens is 1. The SMILES string of the molecule is O=C1CC(=O)N(c2cc(CO)ccn2)C1. The van der Waals surface area contributed by atoms with Gasteiger partial charge >= 0.3 is 0 Å². The molecule has 78 valence electrons. The van der Waals surface area contributed by atoms with Crippen molar-refractivity contribution in [1.82, 2.24) is 4.98 Å². The largest absolute Gasteiger partial charge is 0.392 e. The topological polar surface area (TPSA) is 70.5 Å². The number of Topliss-reactive ketones (excluding diaryl/α,β-unsaturated/α-hetero) is 1. The van der Waals surface area contributed by atoms with Crippen molar-refractivity contribution in [2.75, 3.05) is 11.4 Å². The molecule has 0 unspecified atom stereocenters. The van der Waals surface area contributed by atoms with Crippen molar-refractivity contribution >= 4 is 17.5 Å². The predicted octanol–water partition coefficient (Wildman–Crippen LogP) is -0.120. The highest BCUT2D eigenvalue weighted by atomic mass is 16.3. The van der Waals surface area contributed by atoms with Gasteiger partial charge in [0.25, 0.3) is 0 Å². The molecule has 5 nitrogen and oxygen atoms in total. The second kappa shape index (κ2) is 3.78. The van der Waals surface area contributed by atoms with Crippen LogP contribution in [0.5, 0.6) is 0 Å². The number of carbonyl (C=O) groups is 2. The van der Waals surface area contributed by atoms with Gasteiger partial charge in [0.05, 0.1) is 19.6 Å². The second-order valence-electron chi connectivity index (χ2n) is 3.38. The molecular weight excluding hydrogens is 196 g/mol.